The van der Waals surface area contributed by atoms with Gasteiger partial charge in [-0.05, 0) is 18.6 Å². The molecule has 12 heavy (non-hydrogen) atoms. The molecule has 0 spiro atoms. The molecule has 0 radical (unpaired) electrons. The van der Waals surface area contributed by atoms with Crippen molar-refractivity contribution in [3.05, 3.63) is 24.0 Å². The lowest BCUT2D eigenvalue weighted by molar-refractivity contribution is 0.814. The number of pyridine rings is 1. The molecule has 0 fully saturated rings. The number of rotatable bonds is 1. The van der Waals surface area contributed by atoms with Gasteiger partial charge >= 0.3 is 0 Å². The highest BCUT2D eigenvalue weighted by molar-refractivity contribution is 5.74. The minimum atomic E-state index is 0.0248. The van der Waals surface area contributed by atoms with Crippen LogP contribution in [0.1, 0.15) is 18.5 Å². The van der Waals surface area contributed by atoms with E-state index < -0.39 is 0 Å². The number of hydrogen-bond acceptors (Lipinski definition) is 3. The highest BCUT2D eigenvalue weighted by Crippen LogP contribution is 2.13. The number of nitrogens with one attached hydrogen (secondary N) is 1. The largest absolute Gasteiger partial charge is 0.324 e. The number of fused-ring (bicyclic) bond motifs is 1. The van der Waals surface area contributed by atoms with Gasteiger partial charge in [-0.3, -0.25) is 5.10 Å². The molecule has 0 saturated carbocycles. The maximum atomic E-state index is 5.70. The Balaban J connectivity index is 2.60. The van der Waals surface area contributed by atoms with Crippen molar-refractivity contribution in [3.63, 3.8) is 0 Å². The molecule has 3 N–H and O–H groups in total. The van der Waals surface area contributed by atoms with E-state index in [9.17, 15) is 0 Å². The molecule has 62 valence electrons. The lowest BCUT2D eigenvalue weighted by Gasteiger charge is -2.02. The van der Waals surface area contributed by atoms with Gasteiger partial charge in [-0.2, -0.15) is 5.10 Å². The molecule has 2 rings (SSSR count). The second-order valence-corrected chi connectivity index (χ2v) is 2.87. The number of aromatic nitrogens is 3. The number of nitrogens with two attached hydrogens (primary N) is 1. The zero-order chi connectivity index (χ0) is 8.55. The van der Waals surface area contributed by atoms with Gasteiger partial charge in [0.15, 0.2) is 5.65 Å². The normalized spacial score (nSPS) is 13.5. The summed E-state index contributed by atoms with van der Waals surface area (Å²) in [7, 11) is 0. The smallest absolute Gasteiger partial charge is 0.155 e. The Kier molecular flexibility index (Phi) is 1.55. The maximum absolute atomic E-state index is 5.70. The van der Waals surface area contributed by atoms with E-state index in [1.807, 2.05) is 13.0 Å². The molecule has 0 aliphatic heterocycles. The van der Waals surface area contributed by atoms with E-state index in [0.717, 1.165) is 16.6 Å². The van der Waals surface area contributed by atoms with Crippen molar-refractivity contribution in [2.24, 2.45) is 5.73 Å². The van der Waals surface area contributed by atoms with E-state index in [4.69, 9.17) is 5.73 Å². The van der Waals surface area contributed by atoms with Crippen LogP contribution in [0.15, 0.2) is 18.5 Å². The molecule has 0 bridgehead atoms. The van der Waals surface area contributed by atoms with E-state index in [1.165, 1.54) is 0 Å². The summed E-state index contributed by atoms with van der Waals surface area (Å²) in [6, 6.07) is 2.02. The summed E-state index contributed by atoms with van der Waals surface area (Å²) in [5, 5.41) is 7.66. The molecule has 0 amide bonds. The second-order valence-electron chi connectivity index (χ2n) is 2.87. The van der Waals surface area contributed by atoms with Crippen molar-refractivity contribution in [2.75, 3.05) is 0 Å². The van der Waals surface area contributed by atoms with Crippen molar-refractivity contribution in [1.29, 1.82) is 0 Å². The summed E-state index contributed by atoms with van der Waals surface area (Å²) in [6.07, 6.45) is 3.51. The molecule has 4 heteroatoms. The lowest BCUT2D eigenvalue weighted by Crippen LogP contribution is -2.04. The van der Waals surface area contributed by atoms with Crippen LogP contribution in [0.4, 0.5) is 0 Å². The van der Waals surface area contributed by atoms with Crippen LogP contribution >= 0.6 is 0 Å². The molecule has 2 heterocycles. The van der Waals surface area contributed by atoms with Gasteiger partial charge in [-0.1, -0.05) is 0 Å². The Morgan fingerprint density at radius 3 is 3.08 bits per heavy atom. The van der Waals surface area contributed by atoms with Crippen LogP contribution in [0.3, 0.4) is 0 Å². The fourth-order valence-electron chi connectivity index (χ4n) is 1.10. The van der Waals surface area contributed by atoms with Gasteiger partial charge in [0.2, 0.25) is 0 Å². The van der Waals surface area contributed by atoms with Crippen molar-refractivity contribution < 1.29 is 0 Å². The lowest BCUT2D eigenvalue weighted by atomic mass is 10.1. The number of hydrogen-bond donors (Lipinski definition) is 2. The Hall–Kier alpha value is -1.42. The fourth-order valence-corrected chi connectivity index (χ4v) is 1.10. The van der Waals surface area contributed by atoms with Gasteiger partial charge < -0.3 is 5.73 Å². The monoisotopic (exact) mass is 162 g/mol. The Bertz CT molecular complexity index is 391. The van der Waals surface area contributed by atoms with Crippen molar-refractivity contribution in [1.82, 2.24) is 15.2 Å². The third-order valence-corrected chi connectivity index (χ3v) is 1.84. The summed E-state index contributed by atoms with van der Waals surface area (Å²) < 4.78 is 0. The Morgan fingerprint density at radius 1 is 1.50 bits per heavy atom. The van der Waals surface area contributed by atoms with Gasteiger partial charge in [0.25, 0.3) is 0 Å². The summed E-state index contributed by atoms with van der Waals surface area (Å²) in [5.41, 5.74) is 7.54. The van der Waals surface area contributed by atoms with Crippen LogP contribution in [-0.4, -0.2) is 15.2 Å². The summed E-state index contributed by atoms with van der Waals surface area (Å²) >= 11 is 0. The first-order valence-corrected chi connectivity index (χ1v) is 3.82. The first kappa shape index (κ1) is 7.24. The van der Waals surface area contributed by atoms with Crippen LogP contribution in [0.5, 0.6) is 0 Å². The quantitative estimate of drug-likeness (QED) is 0.656. The van der Waals surface area contributed by atoms with Gasteiger partial charge in [0.1, 0.15) is 0 Å². The summed E-state index contributed by atoms with van der Waals surface area (Å²) in [4.78, 5) is 4.16. The first-order valence-electron chi connectivity index (χ1n) is 3.82. The minimum absolute atomic E-state index is 0.0248. The summed E-state index contributed by atoms with van der Waals surface area (Å²) in [6.45, 7) is 1.93. The SMILES string of the molecule is CC(N)c1cnc2[nH]ncc2c1. The van der Waals surface area contributed by atoms with Crippen molar-refractivity contribution in [2.45, 2.75) is 13.0 Å². The van der Waals surface area contributed by atoms with Gasteiger partial charge in [-0.15, -0.1) is 0 Å². The standard InChI is InChI=1S/C8H10N4/c1-5(9)6-2-7-4-11-12-8(7)10-3-6/h2-5H,9H2,1H3,(H,10,11,12). The predicted octanol–water partition coefficient (Wildman–Crippen LogP) is 0.978. The van der Waals surface area contributed by atoms with Crippen LogP contribution in [-0.2, 0) is 0 Å². The van der Waals surface area contributed by atoms with Gasteiger partial charge in [-0.25, -0.2) is 4.98 Å². The highest BCUT2D eigenvalue weighted by Gasteiger charge is 2.02. The van der Waals surface area contributed by atoms with Crippen LogP contribution in [0.25, 0.3) is 11.0 Å². The Morgan fingerprint density at radius 2 is 2.33 bits per heavy atom. The van der Waals surface area contributed by atoms with Crippen LogP contribution < -0.4 is 5.73 Å². The molecular weight excluding hydrogens is 152 g/mol. The van der Waals surface area contributed by atoms with Crippen molar-refractivity contribution >= 4 is 11.0 Å². The van der Waals surface area contributed by atoms with E-state index in [-0.39, 0.29) is 6.04 Å². The molecular formula is C8H10N4. The molecule has 0 aromatic carbocycles. The van der Waals surface area contributed by atoms with Gasteiger partial charge in [0, 0.05) is 17.6 Å². The maximum Gasteiger partial charge on any atom is 0.155 e. The second kappa shape index (κ2) is 2.57. The summed E-state index contributed by atoms with van der Waals surface area (Å²) in [5.74, 6) is 0. The minimum Gasteiger partial charge on any atom is -0.324 e. The van der Waals surface area contributed by atoms with E-state index in [0.29, 0.717) is 0 Å². The zero-order valence-corrected chi connectivity index (χ0v) is 6.78. The predicted molar refractivity (Wildman–Crippen MR) is 46.5 cm³/mol. The zero-order valence-electron chi connectivity index (χ0n) is 6.78. The molecule has 0 aliphatic carbocycles. The van der Waals surface area contributed by atoms with Crippen LogP contribution in [0.2, 0.25) is 0 Å². The molecule has 0 aliphatic rings. The molecule has 1 atom stereocenters. The average molecular weight is 162 g/mol. The number of aromatic amines is 1. The molecule has 2 aromatic rings. The highest BCUT2D eigenvalue weighted by atomic mass is 15.1. The fraction of sp³-hybridized carbons (Fsp3) is 0.250. The third-order valence-electron chi connectivity index (χ3n) is 1.84. The van der Waals surface area contributed by atoms with E-state index >= 15 is 0 Å². The average Bonchev–Trinajstić information content (AvgIpc) is 2.49. The van der Waals surface area contributed by atoms with E-state index in [2.05, 4.69) is 15.2 Å². The topological polar surface area (TPSA) is 67.6 Å². The van der Waals surface area contributed by atoms with Crippen LogP contribution in [0, 0.1) is 0 Å². The number of nitrogens with zero attached hydrogens (tertiary/aromatic N) is 2. The molecule has 4 nitrogen and oxygen atoms in total. The molecule has 1 unspecified atom stereocenters. The first-order chi connectivity index (χ1) is 5.77. The van der Waals surface area contributed by atoms with Gasteiger partial charge in [0.05, 0.1) is 6.20 Å². The van der Waals surface area contributed by atoms with E-state index in [1.54, 1.807) is 12.4 Å². The van der Waals surface area contributed by atoms with Crippen molar-refractivity contribution in [3.8, 4) is 0 Å². The number of H-pyrrole nitrogens is 1. The molecule has 0 saturated heterocycles. The third kappa shape index (κ3) is 1.06. The molecule has 2 aromatic heterocycles. The Labute approximate surface area is 69.8 Å².